The highest BCUT2D eigenvalue weighted by molar-refractivity contribution is 5.92. The molecule has 0 spiro atoms. The minimum Gasteiger partial charge on any atom is -0.484 e. The third-order valence-electron chi connectivity index (χ3n) is 5.26. The highest BCUT2D eigenvalue weighted by Crippen LogP contribution is 2.30. The van der Waals surface area contributed by atoms with Crippen LogP contribution >= 0.6 is 0 Å². The number of carbonyl (C=O) groups excluding carboxylic acids is 2. The number of rotatable bonds is 7. The molecular weight excluding hydrogens is 404 g/mol. The zero-order valence-corrected chi connectivity index (χ0v) is 18.0. The summed E-state index contributed by atoms with van der Waals surface area (Å²) < 4.78 is 11.5. The Morgan fingerprint density at radius 2 is 1.78 bits per heavy atom. The van der Waals surface area contributed by atoms with E-state index in [-0.39, 0.29) is 18.4 Å². The summed E-state index contributed by atoms with van der Waals surface area (Å²) in [5.74, 6) is 1.01. The van der Waals surface area contributed by atoms with E-state index < -0.39 is 6.10 Å². The van der Waals surface area contributed by atoms with Gasteiger partial charge in [-0.1, -0.05) is 55.5 Å². The van der Waals surface area contributed by atoms with Gasteiger partial charge in [-0.3, -0.25) is 9.59 Å². The summed E-state index contributed by atoms with van der Waals surface area (Å²) in [6.45, 7) is 2.76. The van der Waals surface area contributed by atoms with Gasteiger partial charge < -0.3 is 19.7 Å². The van der Waals surface area contributed by atoms with Gasteiger partial charge in [-0.15, -0.1) is 0 Å². The number of hydrogen-bond donors (Lipinski definition) is 1. The molecule has 1 N–H and O–H groups in total. The Morgan fingerprint density at radius 3 is 2.50 bits per heavy atom. The second kappa shape index (κ2) is 10.0. The van der Waals surface area contributed by atoms with E-state index in [1.165, 1.54) is 0 Å². The molecule has 1 atom stereocenters. The maximum atomic E-state index is 13.0. The lowest BCUT2D eigenvalue weighted by Gasteiger charge is -2.23. The maximum Gasteiger partial charge on any atom is 0.264 e. The molecule has 6 heteroatoms. The van der Waals surface area contributed by atoms with Gasteiger partial charge in [0.05, 0.1) is 0 Å². The number of fused-ring (bicyclic) bond motifs is 1. The van der Waals surface area contributed by atoms with E-state index in [0.29, 0.717) is 36.7 Å². The summed E-state index contributed by atoms with van der Waals surface area (Å²) >= 11 is 0. The van der Waals surface area contributed by atoms with Gasteiger partial charge in [-0.05, 0) is 42.3 Å². The van der Waals surface area contributed by atoms with Crippen molar-refractivity contribution in [3.8, 4) is 11.5 Å². The maximum absolute atomic E-state index is 13.0. The van der Waals surface area contributed by atoms with Gasteiger partial charge in [-0.2, -0.15) is 0 Å². The van der Waals surface area contributed by atoms with E-state index in [1.54, 1.807) is 23.1 Å². The zero-order chi connectivity index (χ0) is 22.3. The molecule has 0 aliphatic carbocycles. The molecule has 3 aromatic rings. The summed E-state index contributed by atoms with van der Waals surface area (Å²) in [4.78, 5) is 27.2. The SMILES string of the molecule is CC[C@@H]1Oc2ccc(NC(=O)COc3ccccc3)cc2CN(Cc2ccccc2)C1=O. The van der Waals surface area contributed by atoms with Crippen LogP contribution in [0.1, 0.15) is 24.5 Å². The van der Waals surface area contributed by atoms with Crippen molar-refractivity contribution < 1.29 is 19.1 Å². The highest BCUT2D eigenvalue weighted by Gasteiger charge is 2.30. The van der Waals surface area contributed by atoms with Gasteiger partial charge in [0, 0.05) is 24.3 Å². The molecule has 0 saturated carbocycles. The quantitative estimate of drug-likeness (QED) is 0.603. The molecule has 4 rings (SSSR count). The Bertz CT molecular complexity index is 1070. The number of hydrogen-bond acceptors (Lipinski definition) is 4. The molecule has 1 aliphatic rings. The first-order valence-electron chi connectivity index (χ1n) is 10.7. The fourth-order valence-electron chi connectivity index (χ4n) is 3.64. The lowest BCUT2D eigenvalue weighted by atomic mass is 10.1. The van der Waals surface area contributed by atoms with E-state index in [0.717, 1.165) is 11.1 Å². The molecule has 0 aromatic heterocycles. The number of nitrogens with zero attached hydrogens (tertiary/aromatic N) is 1. The fourth-order valence-corrected chi connectivity index (χ4v) is 3.64. The average Bonchev–Trinajstić information content (AvgIpc) is 2.95. The predicted molar refractivity (Wildman–Crippen MR) is 122 cm³/mol. The average molecular weight is 431 g/mol. The Morgan fingerprint density at radius 1 is 1.06 bits per heavy atom. The molecular formula is C26H26N2O4. The van der Waals surface area contributed by atoms with Crippen molar-refractivity contribution in [1.82, 2.24) is 4.90 Å². The zero-order valence-electron chi connectivity index (χ0n) is 18.0. The number of para-hydroxylation sites is 1. The van der Waals surface area contributed by atoms with Crippen molar-refractivity contribution in [3.63, 3.8) is 0 Å². The largest absolute Gasteiger partial charge is 0.484 e. The molecule has 0 saturated heterocycles. The van der Waals surface area contributed by atoms with Crippen molar-refractivity contribution in [2.45, 2.75) is 32.5 Å². The lowest BCUT2D eigenvalue weighted by molar-refractivity contribution is -0.139. The third kappa shape index (κ3) is 5.27. The van der Waals surface area contributed by atoms with Crippen LogP contribution < -0.4 is 14.8 Å². The van der Waals surface area contributed by atoms with Gasteiger partial charge >= 0.3 is 0 Å². The second-order valence-corrected chi connectivity index (χ2v) is 7.67. The van der Waals surface area contributed by atoms with Crippen LogP contribution in [0.2, 0.25) is 0 Å². The molecule has 164 valence electrons. The van der Waals surface area contributed by atoms with Crippen LogP contribution in [0.4, 0.5) is 5.69 Å². The van der Waals surface area contributed by atoms with Crippen LogP contribution in [0.5, 0.6) is 11.5 Å². The van der Waals surface area contributed by atoms with Crippen LogP contribution in [0.15, 0.2) is 78.9 Å². The Hall–Kier alpha value is -3.80. The summed E-state index contributed by atoms with van der Waals surface area (Å²) in [6.07, 6.45) is 0.0541. The van der Waals surface area contributed by atoms with Crippen LogP contribution in [0.25, 0.3) is 0 Å². The molecule has 0 bridgehead atoms. The van der Waals surface area contributed by atoms with Crippen molar-refractivity contribution in [3.05, 3.63) is 90.0 Å². The van der Waals surface area contributed by atoms with E-state index in [1.807, 2.05) is 67.6 Å². The molecule has 2 amide bonds. The number of ether oxygens (including phenoxy) is 2. The fraction of sp³-hybridized carbons (Fsp3) is 0.231. The number of anilines is 1. The highest BCUT2D eigenvalue weighted by atomic mass is 16.5. The van der Waals surface area contributed by atoms with Crippen LogP contribution in [0.3, 0.4) is 0 Å². The van der Waals surface area contributed by atoms with Gasteiger partial charge in [0.2, 0.25) is 0 Å². The molecule has 3 aromatic carbocycles. The minimum absolute atomic E-state index is 0.0330. The normalized spacial score (nSPS) is 15.3. The Labute approximate surface area is 187 Å². The van der Waals surface area contributed by atoms with Gasteiger partial charge in [0.1, 0.15) is 11.5 Å². The van der Waals surface area contributed by atoms with Crippen molar-refractivity contribution >= 4 is 17.5 Å². The minimum atomic E-state index is -0.528. The van der Waals surface area contributed by atoms with E-state index >= 15 is 0 Å². The van der Waals surface area contributed by atoms with Gasteiger partial charge in [-0.25, -0.2) is 0 Å². The number of benzene rings is 3. The Balaban J connectivity index is 1.48. The van der Waals surface area contributed by atoms with Crippen molar-refractivity contribution in [2.75, 3.05) is 11.9 Å². The van der Waals surface area contributed by atoms with E-state index in [9.17, 15) is 9.59 Å². The molecule has 6 nitrogen and oxygen atoms in total. The standard InChI is InChI=1S/C26H26N2O4/c1-2-23-26(30)28(16-19-9-5-3-6-10-19)17-20-15-21(13-14-24(20)32-23)27-25(29)18-31-22-11-7-4-8-12-22/h3-15,23H,2,16-18H2,1H3,(H,27,29)/t23-/m0/s1. The Kier molecular flexibility index (Phi) is 6.70. The summed E-state index contributed by atoms with van der Waals surface area (Å²) in [5, 5.41) is 2.86. The second-order valence-electron chi connectivity index (χ2n) is 7.67. The summed E-state index contributed by atoms with van der Waals surface area (Å²) in [5.41, 5.74) is 2.55. The number of amides is 2. The third-order valence-corrected chi connectivity index (χ3v) is 5.26. The summed E-state index contributed by atoms with van der Waals surface area (Å²) in [7, 11) is 0. The lowest BCUT2D eigenvalue weighted by Crippen LogP contribution is -2.38. The van der Waals surface area contributed by atoms with Crippen LogP contribution in [-0.2, 0) is 22.7 Å². The van der Waals surface area contributed by atoms with Crippen molar-refractivity contribution in [2.24, 2.45) is 0 Å². The van der Waals surface area contributed by atoms with E-state index in [2.05, 4.69) is 5.32 Å². The molecule has 0 unspecified atom stereocenters. The topological polar surface area (TPSA) is 67.9 Å². The van der Waals surface area contributed by atoms with Gasteiger partial charge in [0.25, 0.3) is 11.8 Å². The summed E-state index contributed by atoms with van der Waals surface area (Å²) in [6, 6.07) is 24.5. The first-order chi connectivity index (χ1) is 15.6. The smallest absolute Gasteiger partial charge is 0.264 e. The monoisotopic (exact) mass is 430 g/mol. The predicted octanol–water partition coefficient (Wildman–Crippen LogP) is 4.40. The molecule has 1 aliphatic heterocycles. The molecule has 0 radical (unpaired) electrons. The van der Waals surface area contributed by atoms with Crippen molar-refractivity contribution in [1.29, 1.82) is 0 Å². The van der Waals surface area contributed by atoms with Crippen LogP contribution in [0, 0.1) is 0 Å². The first-order valence-corrected chi connectivity index (χ1v) is 10.7. The first kappa shape index (κ1) is 21.4. The number of nitrogens with one attached hydrogen (secondary N) is 1. The van der Waals surface area contributed by atoms with Gasteiger partial charge in [0.15, 0.2) is 12.7 Å². The molecule has 1 heterocycles. The van der Waals surface area contributed by atoms with E-state index in [4.69, 9.17) is 9.47 Å². The number of carbonyl (C=O) groups is 2. The van der Waals surface area contributed by atoms with Crippen LogP contribution in [-0.4, -0.2) is 29.4 Å². The molecule has 32 heavy (non-hydrogen) atoms. The molecule has 0 fully saturated rings.